The first kappa shape index (κ1) is 13.7. The third kappa shape index (κ3) is 9.05. The van der Waals surface area contributed by atoms with Gasteiger partial charge < -0.3 is 14.8 Å². The number of hydrogen-bond acceptors (Lipinski definition) is 4. The minimum Gasteiger partial charge on any atom is -0.466 e. The van der Waals surface area contributed by atoms with Gasteiger partial charge in [0.2, 0.25) is 0 Å². The van der Waals surface area contributed by atoms with Gasteiger partial charge in [0.25, 0.3) is 0 Å². The highest BCUT2D eigenvalue weighted by atomic mass is 16.5. The Kier molecular flexibility index (Phi) is 8.52. The molecule has 5 heteroatoms. The number of alkyl carbamates (subject to hydrolysis) is 1. The number of ether oxygens (including phenoxy) is 2. The molecule has 1 amide bonds. The van der Waals surface area contributed by atoms with Crippen LogP contribution in [0.4, 0.5) is 4.79 Å². The quantitative estimate of drug-likeness (QED) is 0.518. The fourth-order valence-corrected chi connectivity index (χ4v) is 0.860. The predicted molar refractivity (Wildman–Crippen MR) is 55.5 cm³/mol. The van der Waals surface area contributed by atoms with E-state index < -0.39 is 6.09 Å². The van der Waals surface area contributed by atoms with E-state index in [1.54, 1.807) is 6.92 Å². The zero-order chi connectivity index (χ0) is 11.5. The highest BCUT2D eigenvalue weighted by Gasteiger charge is 2.04. The monoisotopic (exact) mass is 217 g/mol. The molecule has 0 saturated carbocycles. The Balaban J connectivity index is 3.34. The van der Waals surface area contributed by atoms with E-state index in [1.807, 2.05) is 6.92 Å². The highest BCUT2D eigenvalue weighted by Crippen LogP contribution is 1.89. The molecule has 0 saturated heterocycles. The molecular weight excluding hydrogens is 198 g/mol. The Hall–Kier alpha value is -1.26. The lowest BCUT2D eigenvalue weighted by Crippen LogP contribution is -2.27. The fraction of sp³-hybridized carbons (Fsp3) is 0.800. The molecule has 0 spiro atoms. The summed E-state index contributed by atoms with van der Waals surface area (Å²) in [6.45, 7) is 4.79. The van der Waals surface area contributed by atoms with Gasteiger partial charge >= 0.3 is 12.1 Å². The summed E-state index contributed by atoms with van der Waals surface area (Å²) in [5.41, 5.74) is 0. The van der Waals surface area contributed by atoms with E-state index in [1.165, 1.54) is 0 Å². The molecule has 0 heterocycles. The molecule has 0 atom stereocenters. The average Bonchev–Trinajstić information content (AvgIpc) is 2.18. The highest BCUT2D eigenvalue weighted by molar-refractivity contribution is 5.71. The molecular formula is C10H19NO4. The third-order valence-electron chi connectivity index (χ3n) is 1.63. The van der Waals surface area contributed by atoms with Gasteiger partial charge in [-0.05, 0) is 13.3 Å². The van der Waals surface area contributed by atoms with Crippen molar-refractivity contribution in [3.63, 3.8) is 0 Å². The number of esters is 1. The van der Waals surface area contributed by atoms with Crippen molar-refractivity contribution in [2.24, 2.45) is 0 Å². The first-order valence-corrected chi connectivity index (χ1v) is 5.27. The smallest absolute Gasteiger partial charge is 0.407 e. The van der Waals surface area contributed by atoms with Gasteiger partial charge in [0.05, 0.1) is 19.6 Å². The maximum absolute atomic E-state index is 11.0. The molecule has 5 nitrogen and oxygen atoms in total. The van der Waals surface area contributed by atoms with E-state index in [0.29, 0.717) is 13.2 Å². The fourth-order valence-electron chi connectivity index (χ4n) is 0.860. The number of amides is 1. The summed E-state index contributed by atoms with van der Waals surface area (Å²) in [6, 6.07) is 0. The molecule has 1 N–H and O–H groups in total. The van der Waals surface area contributed by atoms with E-state index in [-0.39, 0.29) is 18.9 Å². The number of unbranched alkanes of at least 4 members (excludes halogenated alkanes) is 1. The first-order valence-electron chi connectivity index (χ1n) is 5.27. The lowest BCUT2D eigenvalue weighted by molar-refractivity contribution is -0.142. The van der Waals surface area contributed by atoms with Crippen LogP contribution < -0.4 is 5.32 Å². The van der Waals surface area contributed by atoms with Crippen LogP contribution in [0.5, 0.6) is 0 Å². The Labute approximate surface area is 90.1 Å². The molecule has 0 aromatic rings. The van der Waals surface area contributed by atoms with Crippen molar-refractivity contribution in [2.75, 3.05) is 19.8 Å². The molecule has 0 aliphatic rings. The minimum absolute atomic E-state index is 0.177. The van der Waals surface area contributed by atoms with Crippen molar-refractivity contribution in [2.45, 2.75) is 33.1 Å². The zero-order valence-corrected chi connectivity index (χ0v) is 9.38. The molecule has 15 heavy (non-hydrogen) atoms. The summed E-state index contributed by atoms with van der Waals surface area (Å²) < 4.78 is 9.51. The largest absolute Gasteiger partial charge is 0.466 e. The molecule has 0 unspecified atom stereocenters. The van der Waals surface area contributed by atoms with Crippen LogP contribution in [0.1, 0.15) is 33.1 Å². The first-order chi connectivity index (χ1) is 7.20. The Morgan fingerprint density at radius 2 is 1.93 bits per heavy atom. The second-order valence-electron chi connectivity index (χ2n) is 2.97. The average molecular weight is 217 g/mol. The van der Waals surface area contributed by atoms with E-state index in [0.717, 1.165) is 12.8 Å². The van der Waals surface area contributed by atoms with Crippen LogP contribution in [0, 0.1) is 0 Å². The van der Waals surface area contributed by atoms with E-state index >= 15 is 0 Å². The molecule has 0 bridgehead atoms. The van der Waals surface area contributed by atoms with Crippen molar-refractivity contribution >= 4 is 12.1 Å². The topological polar surface area (TPSA) is 64.6 Å². The number of hydrogen-bond donors (Lipinski definition) is 1. The van der Waals surface area contributed by atoms with Crippen LogP contribution >= 0.6 is 0 Å². The zero-order valence-electron chi connectivity index (χ0n) is 9.38. The number of carbonyl (C=O) groups is 2. The van der Waals surface area contributed by atoms with Gasteiger partial charge in [0.1, 0.15) is 0 Å². The van der Waals surface area contributed by atoms with Crippen LogP contribution in [0.15, 0.2) is 0 Å². The molecule has 0 rings (SSSR count). The molecule has 0 aromatic carbocycles. The number of nitrogens with one attached hydrogen (secondary N) is 1. The SMILES string of the molecule is CCCCOC(=O)NCCC(=O)OCC. The third-order valence-corrected chi connectivity index (χ3v) is 1.63. The van der Waals surface area contributed by atoms with E-state index in [4.69, 9.17) is 9.47 Å². The second-order valence-corrected chi connectivity index (χ2v) is 2.97. The Bertz CT molecular complexity index is 194. The predicted octanol–water partition coefficient (Wildman–Crippen LogP) is 1.47. The van der Waals surface area contributed by atoms with Crippen molar-refractivity contribution in [1.82, 2.24) is 5.32 Å². The molecule has 0 aliphatic carbocycles. The summed E-state index contributed by atoms with van der Waals surface area (Å²) in [6.07, 6.45) is 1.53. The molecule has 0 fully saturated rings. The number of rotatable bonds is 7. The van der Waals surface area contributed by atoms with Crippen LogP contribution in [0.25, 0.3) is 0 Å². The van der Waals surface area contributed by atoms with Crippen molar-refractivity contribution in [1.29, 1.82) is 0 Å². The van der Waals surface area contributed by atoms with Gasteiger partial charge in [-0.25, -0.2) is 4.79 Å². The molecule has 0 aliphatic heterocycles. The lowest BCUT2D eigenvalue weighted by atomic mass is 10.4. The Morgan fingerprint density at radius 1 is 1.20 bits per heavy atom. The maximum Gasteiger partial charge on any atom is 0.407 e. The summed E-state index contributed by atoms with van der Waals surface area (Å²) in [5.74, 6) is -0.314. The molecule has 0 radical (unpaired) electrons. The summed E-state index contributed by atoms with van der Waals surface area (Å²) >= 11 is 0. The van der Waals surface area contributed by atoms with E-state index in [2.05, 4.69) is 5.32 Å². The second kappa shape index (κ2) is 9.30. The minimum atomic E-state index is -0.479. The maximum atomic E-state index is 11.0. The van der Waals surface area contributed by atoms with Crippen molar-refractivity contribution < 1.29 is 19.1 Å². The summed E-state index contributed by atoms with van der Waals surface area (Å²) in [7, 11) is 0. The van der Waals surface area contributed by atoms with Crippen LogP contribution in [-0.2, 0) is 14.3 Å². The summed E-state index contributed by atoms with van der Waals surface area (Å²) in [4.78, 5) is 21.8. The van der Waals surface area contributed by atoms with Gasteiger partial charge in [0, 0.05) is 6.54 Å². The lowest BCUT2D eigenvalue weighted by Gasteiger charge is -2.05. The van der Waals surface area contributed by atoms with E-state index in [9.17, 15) is 9.59 Å². The van der Waals surface area contributed by atoms with Crippen LogP contribution in [-0.4, -0.2) is 31.8 Å². The van der Waals surface area contributed by atoms with Crippen LogP contribution in [0.2, 0.25) is 0 Å². The van der Waals surface area contributed by atoms with Crippen LogP contribution in [0.3, 0.4) is 0 Å². The standard InChI is InChI=1S/C10H19NO4/c1-3-5-8-15-10(13)11-7-6-9(12)14-4-2/h3-8H2,1-2H3,(H,11,13). The van der Waals surface area contributed by atoms with Gasteiger partial charge in [-0.2, -0.15) is 0 Å². The van der Waals surface area contributed by atoms with Gasteiger partial charge in [-0.1, -0.05) is 13.3 Å². The molecule has 88 valence electrons. The van der Waals surface area contributed by atoms with Crippen molar-refractivity contribution in [3.8, 4) is 0 Å². The summed E-state index contributed by atoms with van der Waals surface area (Å²) in [5, 5.41) is 2.47. The normalized spacial score (nSPS) is 9.47. The number of carbonyl (C=O) groups excluding carboxylic acids is 2. The van der Waals surface area contributed by atoms with Crippen molar-refractivity contribution in [3.05, 3.63) is 0 Å². The molecule has 0 aromatic heterocycles. The van der Waals surface area contributed by atoms with Gasteiger partial charge in [-0.15, -0.1) is 0 Å². The Morgan fingerprint density at radius 3 is 2.53 bits per heavy atom. The van der Waals surface area contributed by atoms with Gasteiger partial charge in [-0.3, -0.25) is 4.79 Å². The van der Waals surface area contributed by atoms with Gasteiger partial charge in [0.15, 0.2) is 0 Å².